The average Bonchev–Trinajstić information content (AvgIpc) is 2.56. The van der Waals surface area contributed by atoms with Crippen molar-refractivity contribution in [2.75, 3.05) is 0 Å². The molecule has 0 atom stereocenters. The molecule has 0 spiro atoms. The van der Waals surface area contributed by atoms with Crippen LogP contribution in [0.1, 0.15) is 30.8 Å². The zero-order valence-electron chi connectivity index (χ0n) is 8.59. The fourth-order valence-electron chi connectivity index (χ4n) is 1.95. The first-order valence-corrected chi connectivity index (χ1v) is 4.93. The van der Waals surface area contributed by atoms with Crippen molar-refractivity contribution < 1.29 is 0 Å². The van der Waals surface area contributed by atoms with Crippen molar-refractivity contribution in [1.82, 2.24) is 15.1 Å². The largest absolute Gasteiger partial charge is 0.307 e. The van der Waals surface area contributed by atoms with Crippen LogP contribution in [0.3, 0.4) is 0 Å². The van der Waals surface area contributed by atoms with Gasteiger partial charge in [-0.3, -0.25) is 4.68 Å². The van der Waals surface area contributed by atoms with Gasteiger partial charge in [-0.05, 0) is 12.3 Å². The Hall–Kier alpha value is -0.830. The number of rotatable bonds is 2. The summed E-state index contributed by atoms with van der Waals surface area (Å²) >= 11 is 0. The van der Waals surface area contributed by atoms with E-state index >= 15 is 0 Å². The van der Waals surface area contributed by atoms with E-state index in [2.05, 4.69) is 24.3 Å². The van der Waals surface area contributed by atoms with Gasteiger partial charge in [0, 0.05) is 25.7 Å². The van der Waals surface area contributed by atoms with Crippen LogP contribution in [-0.2, 0) is 26.6 Å². The van der Waals surface area contributed by atoms with Crippen LogP contribution >= 0.6 is 0 Å². The smallest absolute Gasteiger partial charge is 0.0675 e. The van der Waals surface area contributed by atoms with Crippen LogP contribution in [0.4, 0.5) is 0 Å². The molecule has 1 aromatic heterocycles. The predicted molar refractivity (Wildman–Crippen MR) is 52.3 cm³/mol. The van der Waals surface area contributed by atoms with Crippen molar-refractivity contribution in [3.05, 3.63) is 17.0 Å². The van der Waals surface area contributed by atoms with E-state index < -0.39 is 0 Å². The minimum absolute atomic E-state index is 0.694. The molecule has 0 saturated carbocycles. The number of fused-ring (bicyclic) bond motifs is 1. The van der Waals surface area contributed by atoms with E-state index in [0.29, 0.717) is 5.92 Å². The van der Waals surface area contributed by atoms with Gasteiger partial charge in [-0.2, -0.15) is 5.10 Å². The van der Waals surface area contributed by atoms with Gasteiger partial charge in [0.05, 0.1) is 11.4 Å². The highest BCUT2D eigenvalue weighted by molar-refractivity contribution is 5.29. The molecule has 1 aliphatic heterocycles. The average molecular weight is 179 g/mol. The third-order valence-electron chi connectivity index (χ3n) is 2.55. The Bertz CT molecular complexity index is 312. The number of hydrogen-bond acceptors (Lipinski definition) is 2. The van der Waals surface area contributed by atoms with Crippen LogP contribution in [0.15, 0.2) is 0 Å². The lowest BCUT2D eigenvalue weighted by Crippen LogP contribution is -2.08. The van der Waals surface area contributed by atoms with Crippen molar-refractivity contribution in [2.24, 2.45) is 13.0 Å². The molecule has 0 bridgehead atoms. The summed E-state index contributed by atoms with van der Waals surface area (Å²) in [6, 6.07) is 0. The van der Waals surface area contributed by atoms with Crippen molar-refractivity contribution in [3.8, 4) is 0 Å². The highest BCUT2D eigenvalue weighted by atomic mass is 15.3. The molecule has 0 radical (unpaired) electrons. The monoisotopic (exact) mass is 179 g/mol. The summed E-state index contributed by atoms with van der Waals surface area (Å²) in [7, 11) is 2.04. The normalized spacial score (nSPS) is 15.4. The fraction of sp³-hybridized carbons (Fsp3) is 0.700. The van der Waals surface area contributed by atoms with E-state index in [0.717, 1.165) is 19.5 Å². The van der Waals surface area contributed by atoms with Crippen LogP contribution in [-0.4, -0.2) is 9.78 Å². The van der Waals surface area contributed by atoms with Crippen molar-refractivity contribution in [1.29, 1.82) is 0 Å². The lowest BCUT2D eigenvalue weighted by Gasteiger charge is -2.02. The molecule has 2 rings (SSSR count). The van der Waals surface area contributed by atoms with E-state index in [1.165, 1.54) is 17.0 Å². The number of nitrogens with one attached hydrogen (secondary N) is 1. The highest BCUT2D eigenvalue weighted by Crippen LogP contribution is 2.20. The molecule has 72 valence electrons. The predicted octanol–water partition coefficient (Wildman–Crippen LogP) is 1.22. The van der Waals surface area contributed by atoms with Crippen molar-refractivity contribution in [2.45, 2.75) is 33.4 Å². The second kappa shape index (κ2) is 3.14. The number of aromatic nitrogens is 2. The topological polar surface area (TPSA) is 29.9 Å². The molecule has 13 heavy (non-hydrogen) atoms. The number of hydrogen-bond donors (Lipinski definition) is 1. The quantitative estimate of drug-likeness (QED) is 0.740. The number of aryl methyl sites for hydroxylation is 1. The van der Waals surface area contributed by atoms with Gasteiger partial charge >= 0.3 is 0 Å². The van der Waals surface area contributed by atoms with E-state index in [1.807, 2.05) is 11.7 Å². The maximum atomic E-state index is 4.55. The Morgan fingerprint density at radius 2 is 2.23 bits per heavy atom. The third kappa shape index (κ3) is 1.48. The molecule has 0 saturated heterocycles. The molecule has 1 aliphatic rings. The molecular weight excluding hydrogens is 162 g/mol. The molecule has 0 amide bonds. The van der Waals surface area contributed by atoms with E-state index in [4.69, 9.17) is 0 Å². The second-order valence-electron chi connectivity index (χ2n) is 4.20. The van der Waals surface area contributed by atoms with Gasteiger partial charge in [-0.1, -0.05) is 13.8 Å². The van der Waals surface area contributed by atoms with Gasteiger partial charge in [0.2, 0.25) is 0 Å². The van der Waals surface area contributed by atoms with Gasteiger partial charge in [-0.15, -0.1) is 0 Å². The summed E-state index contributed by atoms with van der Waals surface area (Å²) in [5, 5.41) is 7.91. The second-order valence-corrected chi connectivity index (χ2v) is 4.20. The van der Waals surface area contributed by atoms with Gasteiger partial charge in [0.15, 0.2) is 0 Å². The molecule has 0 fully saturated rings. The molecule has 3 nitrogen and oxygen atoms in total. The van der Waals surface area contributed by atoms with Gasteiger partial charge in [0.1, 0.15) is 0 Å². The third-order valence-corrected chi connectivity index (χ3v) is 2.55. The Morgan fingerprint density at radius 3 is 2.92 bits per heavy atom. The Labute approximate surface area is 79.1 Å². The van der Waals surface area contributed by atoms with Crippen LogP contribution < -0.4 is 5.32 Å². The van der Waals surface area contributed by atoms with Gasteiger partial charge in [0.25, 0.3) is 0 Å². The molecule has 0 aliphatic carbocycles. The summed E-state index contributed by atoms with van der Waals surface area (Å²) in [6.45, 7) is 6.47. The summed E-state index contributed by atoms with van der Waals surface area (Å²) in [4.78, 5) is 0. The molecule has 0 unspecified atom stereocenters. The van der Waals surface area contributed by atoms with Crippen molar-refractivity contribution >= 4 is 0 Å². The molecular formula is C10H17N3. The minimum atomic E-state index is 0.694. The minimum Gasteiger partial charge on any atom is -0.307 e. The first-order chi connectivity index (χ1) is 6.18. The Morgan fingerprint density at radius 1 is 1.46 bits per heavy atom. The lowest BCUT2D eigenvalue weighted by atomic mass is 10.0. The first-order valence-electron chi connectivity index (χ1n) is 4.93. The van der Waals surface area contributed by atoms with Crippen LogP contribution in [0, 0.1) is 5.92 Å². The maximum absolute atomic E-state index is 4.55. The van der Waals surface area contributed by atoms with Crippen LogP contribution in [0.2, 0.25) is 0 Å². The highest BCUT2D eigenvalue weighted by Gasteiger charge is 2.20. The van der Waals surface area contributed by atoms with E-state index in [-0.39, 0.29) is 0 Å². The summed E-state index contributed by atoms with van der Waals surface area (Å²) < 4.78 is 2.02. The standard InChI is InChI=1S/C10H17N3/c1-7(2)4-9-8-5-11-6-10(8)13(3)12-9/h7,11H,4-6H2,1-3H3. The summed E-state index contributed by atoms with van der Waals surface area (Å²) in [5.41, 5.74) is 4.10. The summed E-state index contributed by atoms with van der Waals surface area (Å²) in [5.74, 6) is 0.694. The molecule has 3 heteroatoms. The SMILES string of the molecule is CC(C)Cc1nn(C)c2c1CNC2. The number of nitrogens with zero attached hydrogens (tertiary/aromatic N) is 2. The molecule has 1 N–H and O–H groups in total. The molecule has 1 aromatic rings. The Kier molecular flexibility index (Phi) is 2.12. The fourth-order valence-corrected chi connectivity index (χ4v) is 1.95. The lowest BCUT2D eigenvalue weighted by molar-refractivity contribution is 0.600. The van der Waals surface area contributed by atoms with Crippen LogP contribution in [0.5, 0.6) is 0 Å². The molecule has 0 aromatic carbocycles. The maximum Gasteiger partial charge on any atom is 0.0675 e. The van der Waals surface area contributed by atoms with E-state index in [1.54, 1.807) is 0 Å². The van der Waals surface area contributed by atoms with E-state index in [9.17, 15) is 0 Å². The van der Waals surface area contributed by atoms with Crippen LogP contribution in [0.25, 0.3) is 0 Å². The molecule has 2 heterocycles. The van der Waals surface area contributed by atoms with Crippen molar-refractivity contribution in [3.63, 3.8) is 0 Å². The Balaban J connectivity index is 2.31. The summed E-state index contributed by atoms with van der Waals surface area (Å²) in [6.07, 6.45) is 1.10. The van der Waals surface area contributed by atoms with Gasteiger partial charge in [-0.25, -0.2) is 0 Å². The zero-order chi connectivity index (χ0) is 9.42. The van der Waals surface area contributed by atoms with Gasteiger partial charge < -0.3 is 5.32 Å². The zero-order valence-corrected chi connectivity index (χ0v) is 8.59. The first kappa shape index (κ1) is 8.75.